The van der Waals surface area contributed by atoms with Gasteiger partial charge in [0.25, 0.3) is 0 Å². The minimum atomic E-state index is -0.258. The summed E-state index contributed by atoms with van der Waals surface area (Å²) in [6.45, 7) is 2.77. The lowest BCUT2D eigenvalue weighted by Crippen LogP contribution is -2.41. The van der Waals surface area contributed by atoms with Gasteiger partial charge in [-0.25, -0.2) is 0 Å². The number of nitrogens with two attached hydrogens (primary N) is 1. The summed E-state index contributed by atoms with van der Waals surface area (Å²) >= 11 is 5.92. The predicted molar refractivity (Wildman–Crippen MR) is 70.3 cm³/mol. The smallest absolute Gasteiger partial charge is 0.227 e. The first-order valence-corrected chi connectivity index (χ1v) is 6.35. The van der Waals surface area contributed by atoms with E-state index >= 15 is 0 Å². The van der Waals surface area contributed by atoms with Gasteiger partial charge in [0.2, 0.25) is 5.91 Å². The first-order chi connectivity index (χ1) is 8.58. The maximum atomic E-state index is 12.0. The molecule has 5 heteroatoms. The molecule has 0 aromatic heterocycles. The monoisotopic (exact) mass is 268 g/mol. The first-order valence-electron chi connectivity index (χ1n) is 5.97. The summed E-state index contributed by atoms with van der Waals surface area (Å²) in [4.78, 5) is 12.0. The van der Waals surface area contributed by atoms with Crippen LogP contribution in [0.15, 0.2) is 24.3 Å². The van der Waals surface area contributed by atoms with Gasteiger partial charge in [-0.3, -0.25) is 4.79 Å². The maximum absolute atomic E-state index is 12.0. The Morgan fingerprint density at radius 2 is 2.33 bits per heavy atom. The molecule has 0 saturated carbocycles. The van der Waals surface area contributed by atoms with Crippen molar-refractivity contribution < 1.29 is 9.53 Å². The molecule has 2 rings (SSSR count). The Hall–Kier alpha value is -1.10. The molecule has 1 fully saturated rings. The Bertz CT molecular complexity index is 439. The fraction of sp³-hybridized carbons (Fsp3) is 0.462. The van der Waals surface area contributed by atoms with Crippen molar-refractivity contribution in [2.75, 3.05) is 13.2 Å². The van der Waals surface area contributed by atoms with E-state index in [0.29, 0.717) is 18.2 Å². The molecule has 18 heavy (non-hydrogen) atoms. The van der Waals surface area contributed by atoms with Crippen molar-refractivity contribution in [3.63, 3.8) is 0 Å². The molecule has 1 aliphatic rings. The first kappa shape index (κ1) is 13.3. The molecule has 98 valence electrons. The zero-order valence-corrected chi connectivity index (χ0v) is 11.0. The van der Waals surface area contributed by atoms with Crippen molar-refractivity contribution in [3.8, 4) is 0 Å². The van der Waals surface area contributed by atoms with Crippen molar-refractivity contribution >= 4 is 17.5 Å². The van der Waals surface area contributed by atoms with Crippen LogP contribution in [0.25, 0.3) is 0 Å². The number of carbonyl (C=O) groups excluding carboxylic acids is 1. The summed E-state index contributed by atoms with van der Waals surface area (Å²) in [5.74, 6) is -0.320. The Morgan fingerprint density at radius 1 is 1.56 bits per heavy atom. The zero-order valence-electron chi connectivity index (χ0n) is 10.2. The zero-order chi connectivity index (χ0) is 13.1. The molecule has 1 aromatic rings. The van der Waals surface area contributed by atoms with E-state index in [4.69, 9.17) is 22.1 Å². The number of benzene rings is 1. The van der Waals surface area contributed by atoms with Crippen molar-refractivity contribution in [3.05, 3.63) is 34.9 Å². The van der Waals surface area contributed by atoms with Gasteiger partial charge in [0, 0.05) is 11.1 Å². The number of halogens is 1. The van der Waals surface area contributed by atoms with Gasteiger partial charge in [-0.15, -0.1) is 0 Å². The Labute approximate surface area is 111 Å². The standard InChI is InChI=1S/C13H17ClN2O2/c1-8(9-3-2-4-10(14)5-9)16-13(17)11-6-18-7-12(11)15/h2-5,8,11-12H,6-7,15H2,1H3,(H,16,17)/t8-,11?,12?/m0/s1. The fourth-order valence-corrected chi connectivity index (χ4v) is 2.22. The molecule has 0 spiro atoms. The van der Waals surface area contributed by atoms with E-state index in [-0.39, 0.29) is 23.9 Å². The molecular weight excluding hydrogens is 252 g/mol. The van der Waals surface area contributed by atoms with E-state index in [1.54, 1.807) is 6.07 Å². The Morgan fingerprint density at radius 3 is 2.94 bits per heavy atom. The molecule has 1 heterocycles. The molecule has 1 amide bonds. The SMILES string of the molecule is C[C@H](NC(=O)C1COCC1N)c1cccc(Cl)c1. The largest absolute Gasteiger partial charge is 0.379 e. The van der Waals surface area contributed by atoms with Crippen molar-refractivity contribution in [1.82, 2.24) is 5.32 Å². The number of nitrogens with one attached hydrogen (secondary N) is 1. The highest BCUT2D eigenvalue weighted by molar-refractivity contribution is 6.30. The van der Waals surface area contributed by atoms with E-state index in [1.165, 1.54) is 0 Å². The molecule has 0 bridgehead atoms. The van der Waals surface area contributed by atoms with Gasteiger partial charge in [-0.1, -0.05) is 23.7 Å². The van der Waals surface area contributed by atoms with Crippen LogP contribution in [0, 0.1) is 5.92 Å². The number of ether oxygens (including phenoxy) is 1. The normalized spacial score (nSPS) is 24.8. The summed E-state index contributed by atoms with van der Waals surface area (Å²) in [5, 5.41) is 3.60. The second-order valence-electron chi connectivity index (χ2n) is 4.59. The molecule has 2 unspecified atom stereocenters. The molecule has 0 aliphatic carbocycles. The van der Waals surface area contributed by atoms with Crippen molar-refractivity contribution in [2.24, 2.45) is 11.7 Å². The van der Waals surface area contributed by atoms with Crippen LogP contribution < -0.4 is 11.1 Å². The minimum Gasteiger partial charge on any atom is -0.379 e. The van der Waals surface area contributed by atoms with Crippen molar-refractivity contribution in [1.29, 1.82) is 0 Å². The van der Waals surface area contributed by atoms with Gasteiger partial charge in [0.15, 0.2) is 0 Å². The lowest BCUT2D eigenvalue weighted by atomic mass is 10.0. The number of amides is 1. The fourth-order valence-electron chi connectivity index (χ4n) is 2.02. The number of rotatable bonds is 3. The summed E-state index contributed by atoms with van der Waals surface area (Å²) < 4.78 is 5.19. The van der Waals surface area contributed by atoms with Gasteiger partial charge in [0.05, 0.1) is 25.2 Å². The number of carbonyl (C=O) groups is 1. The van der Waals surface area contributed by atoms with Crippen LogP contribution in [-0.2, 0) is 9.53 Å². The summed E-state index contributed by atoms with van der Waals surface area (Å²) in [6.07, 6.45) is 0. The van der Waals surface area contributed by atoms with Crippen LogP contribution in [-0.4, -0.2) is 25.2 Å². The van der Waals surface area contributed by atoms with Crippen molar-refractivity contribution in [2.45, 2.75) is 19.0 Å². The van der Waals surface area contributed by atoms with E-state index in [9.17, 15) is 4.79 Å². The average Bonchev–Trinajstić information content (AvgIpc) is 2.75. The summed E-state index contributed by atoms with van der Waals surface area (Å²) in [5.41, 5.74) is 6.79. The number of hydrogen-bond acceptors (Lipinski definition) is 3. The highest BCUT2D eigenvalue weighted by Crippen LogP contribution is 2.19. The van der Waals surface area contributed by atoms with E-state index in [2.05, 4.69) is 5.32 Å². The third-order valence-electron chi connectivity index (χ3n) is 3.17. The highest BCUT2D eigenvalue weighted by Gasteiger charge is 2.31. The maximum Gasteiger partial charge on any atom is 0.227 e. The van der Waals surface area contributed by atoms with E-state index in [1.807, 2.05) is 25.1 Å². The van der Waals surface area contributed by atoms with Gasteiger partial charge >= 0.3 is 0 Å². The van der Waals surface area contributed by atoms with Gasteiger partial charge in [0.1, 0.15) is 0 Å². The van der Waals surface area contributed by atoms with Gasteiger partial charge in [-0.05, 0) is 24.6 Å². The Balaban J connectivity index is 1.98. The summed E-state index contributed by atoms with van der Waals surface area (Å²) in [6, 6.07) is 7.14. The van der Waals surface area contributed by atoms with Crippen LogP contribution >= 0.6 is 11.6 Å². The molecule has 0 radical (unpaired) electrons. The molecule has 1 aromatic carbocycles. The second kappa shape index (κ2) is 5.69. The van der Waals surface area contributed by atoms with Gasteiger partial charge in [-0.2, -0.15) is 0 Å². The Kier molecular flexibility index (Phi) is 4.22. The molecular formula is C13H17ClN2O2. The third kappa shape index (κ3) is 3.02. The summed E-state index contributed by atoms with van der Waals surface area (Å²) in [7, 11) is 0. The van der Waals surface area contributed by atoms with Crippen LogP contribution in [0.5, 0.6) is 0 Å². The molecule has 1 saturated heterocycles. The molecule has 1 aliphatic heterocycles. The van der Waals surface area contributed by atoms with Gasteiger partial charge < -0.3 is 15.8 Å². The third-order valence-corrected chi connectivity index (χ3v) is 3.40. The topological polar surface area (TPSA) is 64.3 Å². The van der Waals surface area contributed by atoms with Crippen LogP contribution in [0.4, 0.5) is 0 Å². The quantitative estimate of drug-likeness (QED) is 0.873. The van der Waals surface area contributed by atoms with E-state index < -0.39 is 0 Å². The van der Waals surface area contributed by atoms with Crippen LogP contribution in [0.1, 0.15) is 18.5 Å². The van der Waals surface area contributed by atoms with Crippen LogP contribution in [0.2, 0.25) is 5.02 Å². The highest BCUT2D eigenvalue weighted by atomic mass is 35.5. The lowest BCUT2D eigenvalue weighted by molar-refractivity contribution is -0.125. The molecule has 4 nitrogen and oxygen atoms in total. The predicted octanol–water partition coefficient (Wildman–Crippen LogP) is 1.49. The molecule has 3 N–H and O–H groups in total. The van der Waals surface area contributed by atoms with E-state index in [0.717, 1.165) is 5.56 Å². The minimum absolute atomic E-state index is 0.0625. The molecule has 3 atom stereocenters. The number of hydrogen-bond donors (Lipinski definition) is 2. The lowest BCUT2D eigenvalue weighted by Gasteiger charge is -2.19. The second-order valence-corrected chi connectivity index (χ2v) is 5.03. The average molecular weight is 269 g/mol. The van der Waals surface area contributed by atoms with Crippen LogP contribution in [0.3, 0.4) is 0 Å².